The third kappa shape index (κ3) is 28.7. The number of thioether (sulfide) groups is 1. The van der Waals surface area contributed by atoms with Crippen LogP contribution in [0.2, 0.25) is 0 Å². The molecule has 0 bridgehead atoms. The number of hydrogen-bond donors (Lipinski definition) is 22. The van der Waals surface area contributed by atoms with Gasteiger partial charge in [0.1, 0.15) is 90.3 Å². The number of rotatable bonds is 25. The number of primary amides is 2. The van der Waals surface area contributed by atoms with Gasteiger partial charge in [0.25, 0.3) is 0 Å². The third-order valence-corrected chi connectivity index (χ3v) is 24.3. The Morgan fingerprint density at radius 3 is 1.63 bits per heavy atom. The molecule has 2 aromatic heterocycles. The fourth-order valence-electron chi connectivity index (χ4n) is 15.9. The first kappa shape index (κ1) is 103. The van der Waals surface area contributed by atoms with E-state index in [-0.39, 0.29) is 76.6 Å². The monoisotopic (exact) mass is 1850 g/mol. The minimum atomic E-state index is -1.94. The number of amides is 17. The summed E-state index contributed by atoms with van der Waals surface area (Å²) in [7, 11) is 3.84. The maximum absolute atomic E-state index is 15.7. The van der Waals surface area contributed by atoms with Crippen LogP contribution in [0.1, 0.15) is 121 Å². The molecule has 3 aromatic carbocycles. The molecular formula is C86H122N22O22S. The molecule has 0 unspecified atom stereocenters. The van der Waals surface area contributed by atoms with Gasteiger partial charge in [-0.3, -0.25) is 86.9 Å². The van der Waals surface area contributed by atoms with Gasteiger partial charge < -0.3 is 136 Å². The van der Waals surface area contributed by atoms with Crippen LogP contribution in [0.15, 0.2) is 85.2 Å². The first-order valence-electron chi connectivity index (χ1n) is 43.4. The smallest absolute Gasteiger partial charge is 0.248 e. The SMILES string of the molecule is CCCC[C@H]1C(=O)N(C)[C@@H](CCCC)C(=O)N[C@@H](CCCNC(=N)N)C(=O)N[C@H](C(=O)NCC(N)=O)CSCC(=O)N[C@@H](Cc2ccc(O)cc2)C(=O)N(C)[C@@H](C)C(=O)N[C@H](CC(N)=O)C(=O)N2CCC[C@H]2C(=O)N[C@@H](CCO)C(=O)N[C@@H](CO)C(=O)N2C[C@H](O)C[C@H]2C(=O)N[C@@H](Cc2c[nH]c3ccccc23)C(=O)N[C@@H](CO)C(=O)N[C@@H](Cc2c[nH]c3ccccc23)C(=O)N1C. The van der Waals surface area contributed by atoms with Crippen molar-refractivity contribution in [1.29, 1.82) is 5.41 Å². The lowest BCUT2D eigenvalue weighted by molar-refractivity contribution is -0.149. The Bertz CT molecular complexity index is 4920. The highest BCUT2D eigenvalue weighted by atomic mass is 32.2. The van der Waals surface area contributed by atoms with Gasteiger partial charge in [0, 0.05) is 113 Å². The van der Waals surface area contributed by atoms with E-state index >= 15 is 24.0 Å². The van der Waals surface area contributed by atoms with Crippen LogP contribution < -0.4 is 75.7 Å². The number of aromatic nitrogens is 2. The van der Waals surface area contributed by atoms with E-state index in [0.29, 0.717) is 64.2 Å². The van der Waals surface area contributed by atoms with Crippen LogP contribution in [0.3, 0.4) is 0 Å². The Morgan fingerprint density at radius 1 is 0.511 bits per heavy atom. The summed E-state index contributed by atoms with van der Waals surface area (Å²) in [5.74, 6) is -18.8. The van der Waals surface area contributed by atoms with Crippen molar-refractivity contribution in [2.45, 2.75) is 214 Å². The molecule has 25 N–H and O–H groups in total. The van der Waals surface area contributed by atoms with Crippen LogP contribution in [-0.4, -0.2) is 336 Å². The Morgan fingerprint density at radius 2 is 1.02 bits per heavy atom. The predicted octanol–water partition coefficient (Wildman–Crippen LogP) is -5.57. The van der Waals surface area contributed by atoms with Gasteiger partial charge in [-0.2, -0.15) is 0 Å². The highest BCUT2D eigenvalue weighted by Gasteiger charge is 2.47. The first-order chi connectivity index (χ1) is 62.4. The van der Waals surface area contributed by atoms with Crippen LogP contribution in [-0.2, 0) is 101 Å². The second-order valence-electron chi connectivity index (χ2n) is 32.8. The topological polar surface area (TPSA) is 673 Å². The van der Waals surface area contributed by atoms with E-state index in [1.165, 1.54) is 52.3 Å². The number of aliphatic hydroxyl groups is 4. The largest absolute Gasteiger partial charge is 0.508 e. The van der Waals surface area contributed by atoms with Crippen molar-refractivity contribution in [3.63, 3.8) is 0 Å². The minimum Gasteiger partial charge on any atom is -0.508 e. The van der Waals surface area contributed by atoms with Gasteiger partial charge in [0.2, 0.25) is 100 Å². The molecule has 131 heavy (non-hydrogen) atoms. The summed E-state index contributed by atoms with van der Waals surface area (Å²) in [6.07, 6.45) is 0.277. The predicted molar refractivity (Wildman–Crippen MR) is 477 cm³/mol. The number of nitrogens with two attached hydrogens (primary N) is 3. The summed E-state index contributed by atoms with van der Waals surface area (Å²) < 4.78 is 0. The average Bonchev–Trinajstić information content (AvgIpc) is 1.58. The van der Waals surface area contributed by atoms with Crippen molar-refractivity contribution >= 4 is 140 Å². The quantitative estimate of drug-likeness (QED) is 0.0147. The van der Waals surface area contributed by atoms with Crippen molar-refractivity contribution in [1.82, 2.24) is 93.0 Å². The molecule has 3 fully saturated rings. The second-order valence-corrected chi connectivity index (χ2v) is 33.8. The van der Waals surface area contributed by atoms with Gasteiger partial charge in [0.05, 0.1) is 38.0 Å². The fraction of sp³-hybridized carbons (Fsp3) is 0.535. The summed E-state index contributed by atoms with van der Waals surface area (Å²) in [6, 6.07) is -3.52. The van der Waals surface area contributed by atoms with Crippen molar-refractivity contribution in [2.75, 3.05) is 78.6 Å². The third-order valence-electron chi connectivity index (χ3n) is 23.2. The molecule has 714 valence electrons. The molecule has 17 amide bonds. The second kappa shape index (κ2) is 49.7. The number of phenolic OH excluding ortho intramolecular Hbond substituents is 1. The average molecular weight is 1850 g/mol. The number of aromatic hydroxyl groups is 1. The molecule has 3 aliphatic heterocycles. The molecule has 3 saturated heterocycles. The molecular weight excluding hydrogens is 1730 g/mol. The zero-order valence-corrected chi connectivity index (χ0v) is 74.8. The number of phenols is 1. The lowest BCUT2D eigenvalue weighted by atomic mass is 10.00. The number of aliphatic hydroxyl groups excluding tert-OH is 4. The molecule has 0 spiro atoms. The number of carbonyl (C=O) groups excluding carboxylic acids is 17. The molecule has 45 heteroatoms. The highest BCUT2D eigenvalue weighted by molar-refractivity contribution is 8.00. The summed E-state index contributed by atoms with van der Waals surface area (Å²) in [5, 5.41) is 90.7. The Labute approximate surface area is 759 Å². The van der Waals surface area contributed by atoms with Crippen LogP contribution in [0.4, 0.5) is 0 Å². The number of fused-ring (bicyclic) bond motifs is 4. The number of guanidine groups is 1. The summed E-state index contributed by atoms with van der Waals surface area (Å²) in [6.45, 7) is 0.297. The number of carbonyl (C=O) groups is 17. The zero-order valence-electron chi connectivity index (χ0n) is 74.0. The number of hydrogen-bond acceptors (Lipinski definition) is 24. The van der Waals surface area contributed by atoms with Gasteiger partial charge in [-0.05, 0) is 92.8 Å². The van der Waals surface area contributed by atoms with E-state index in [1.54, 1.807) is 60.9 Å². The molecule has 44 nitrogen and oxygen atoms in total. The summed E-state index contributed by atoms with van der Waals surface area (Å²) in [5.41, 5.74) is 19.2. The molecule has 15 atom stereocenters. The van der Waals surface area contributed by atoms with E-state index in [2.05, 4.69) is 68.5 Å². The van der Waals surface area contributed by atoms with E-state index in [9.17, 15) is 83.1 Å². The van der Waals surface area contributed by atoms with Crippen molar-refractivity contribution in [3.8, 4) is 5.75 Å². The van der Waals surface area contributed by atoms with Crippen molar-refractivity contribution in [2.24, 2.45) is 17.2 Å². The summed E-state index contributed by atoms with van der Waals surface area (Å²) >= 11 is 0.746. The maximum Gasteiger partial charge on any atom is 0.248 e. The zero-order chi connectivity index (χ0) is 96.0. The minimum absolute atomic E-state index is 0.0220. The molecule has 5 aromatic rings. The van der Waals surface area contributed by atoms with Gasteiger partial charge >= 0.3 is 0 Å². The molecule has 3 aliphatic rings. The summed E-state index contributed by atoms with van der Waals surface area (Å²) in [4.78, 5) is 258. The van der Waals surface area contributed by atoms with Gasteiger partial charge in [-0.1, -0.05) is 88.1 Å². The number of H-pyrrole nitrogens is 2. The number of likely N-dealkylation sites (N-methyl/N-ethyl adjacent to an activating group) is 3. The van der Waals surface area contributed by atoms with Gasteiger partial charge in [-0.25, -0.2) is 0 Å². The number of unbranched alkanes of at least 4 members (excludes halogenated alkanes) is 2. The van der Waals surface area contributed by atoms with Crippen LogP contribution in [0.25, 0.3) is 21.8 Å². The number of nitrogens with one attached hydrogen (secondary N) is 14. The first-order valence-corrected chi connectivity index (χ1v) is 44.6. The highest BCUT2D eigenvalue weighted by Crippen LogP contribution is 2.27. The van der Waals surface area contributed by atoms with Gasteiger partial charge in [0.15, 0.2) is 5.96 Å². The number of nitrogens with zero attached hydrogens (tertiary/aromatic N) is 5. The van der Waals surface area contributed by atoms with Crippen LogP contribution in [0, 0.1) is 5.41 Å². The lowest BCUT2D eigenvalue weighted by Crippen LogP contribution is -2.62. The molecule has 5 heterocycles. The Hall–Kier alpha value is -13.0. The van der Waals surface area contributed by atoms with Crippen LogP contribution >= 0.6 is 11.8 Å². The molecule has 0 radical (unpaired) electrons. The van der Waals surface area contributed by atoms with Crippen molar-refractivity contribution < 1.29 is 107 Å². The molecule has 0 saturated carbocycles. The number of para-hydroxylation sites is 2. The van der Waals surface area contributed by atoms with Crippen LogP contribution in [0.5, 0.6) is 5.75 Å². The molecule has 0 aliphatic carbocycles. The normalized spacial score (nSPS) is 25.1. The Balaban J connectivity index is 1.18. The standard InChI is InChI=1S/C86H122N22O22S/c1-7-9-22-65-78(123)96-56(21-15-30-91-86(89)90)74(119)103-64(73(118)94-40-70(88)115)44-131-45-71(116)95-59(33-47-25-27-50(112)28-26-47)81(126)104(4)46(3)72(117)99-61(37-69(87)114)83(128)107-31-16-24-66(107)79(124)97-57(29-32-109)75(120)102-63(43-111)84(129)108-41-51(113)36-68(108)80(125)98-58(34-48-38-92-54-19-13-11-17-52(48)54)76(121)101-62(42-110)77(122)100-60(35-49-39-93-55-20-14-12-18-53(49)55)82(127)106(6)67(23-10-8-2)85(130)105(65)5/h11-14,17-20,25-28,38-39,46,51,56-68,92-93,109-113H,7-10,15-16,21-24,29-37,40-45H2,1-6H3,(H2,87,114)(H2,88,115)(H,94,118)(H,95,116)(H,96,123)(H,97,124)(H,98,125)(H,99,117)(H,100,122)(H,101,121)(H,102,120)(H,103,119)(H4,89,90,91)/t46-,51+,56-,57-,58-,59-,60-,61+,62-,63-,64-,65-,66-,67-,68-/m0/s1. The molecule has 8 rings (SSSR count). The van der Waals surface area contributed by atoms with Crippen molar-refractivity contribution in [3.05, 3.63) is 102 Å². The van der Waals surface area contributed by atoms with E-state index in [4.69, 9.17) is 22.6 Å². The van der Waals surface area contributed by atoms with E-state index < -0.39 is 261 Å². The fourth-order valence-corrected chi connectivity index (χ4v) is 16.7. The maximum atomic E-state index is 15.7. The number of benzene rings is 3. The van der Waals surface area contributed by atoms with E-state index in [0.717, 1.165) is 36.3 Å². The van der Waals surface area contributed by atoms with E-state index in [1.807, 2.05) is 13.8 Å². The lowest BCUT2D eigenvalue weighted by Gasteiger charge is -2.36. The number of aromatic amines is 2. The Kier molecular flexibility index (Phi) is 39.2. The van der Waals surface area contributed by atoms with Gasteiger partial charge in [-0.15, -0.1) is 11.8 Å².